The molecule has 0 aromatic carbocycles. The van der Waals surface area contributed by atoms with Crippen molar-refractivity contribution in [3.63, 3.8) is 0 Å². The summed E-state index contributed by atoms with van der Waals surface area (Å²) in [5.41, 5.74) is 0. The second-order valence-electron chi connectivity index (χ2n) is 3.42. The van der Waals surface area contributed by atoms with E-state index in [1.165, 1.54) is 4.88 Å². The lowest BCUT2D eigenvalue weighted by molar-refractivity contribution is -0.152. The Balaban J connectivity index is 2.04. The smallest absolute Gasteiger partial charge is 0.332 e. The van der Waals surface area contributed by atoms with Crippen molar-refractivity contribution >= 4 is 17.3 Å². The first kappa shape index (κ1) is 12.2. The molecule has 0 saturated carbocycles. The van der Waals surface area contributed by atoms with Gasteiger partial charge in [-0.15, -0.1) is 11.3 Å². The predicted molar refractivity (Wildman–Crippen MR) is 60.1 cm³/mol. The van der Waals surface area contributed by atoms with Gasteiger partial charge in [0.15, 0.2) is 0 Å². The highest BCUT2D eigenvalue weighted by molar-refractivity contribution is 7.09. The van der Waals surface area contributed by atoms with Gasteiger partial charge in [0.25, 0.3) is 0 Å². The summed E-state index contributed by atoms with van der Waals surface area (Å²) in [7, 11) is 0. The third-order valence-corrected chi connectivity index (χ3v) is 2.60. The third kappa shape index (κ3) is 5.54. The zero-order valence-corrected chi connectivity index (χ0v) is 9.88. The quantitative estimate of drug-likeness (QED) is 0.553. The monoisotopic (exact) mass is 228 g/mol. The van der Waals surface area contributed by atoms with Gasteiger partial charge < -0.3 is 9.47 Å². The van der Waals surface area contributed by atoms with Crippen molar-refractivity contribution in [2.24, 2.45) is 0 Å². The van der Waals surface area contributed by atoms with Gasteiger partial charge in [-0.2, -0.15) is 0 Å². The molecule has 0 atom stereocenters. The van der Waals surface area contributed by atoms with Gasteiger partial charge in [0.1, 0.15) is 6.61 Å². The molecule has 0 fully saturated rings. The van der Waals surface area contributed by atoms with Crippen molar-refractivity contribution in [1.82, 2.24) is 0 Å². The van der Waals surface area contributed by atoms with Gasteiger partial charge in [-0.05, 0) is 25.3 Å². The van der Waals surface area contributed by atoms with E-state index in [0.717, 1.165) is 6.42 Å². The van der Waals surface area contributed by atoms with Crippen LogP contribution in [0.5, 0.6) is 0 Å². The summed E-state index contributed by atoms with van der Waals surface area (Å²) in [4.78, 5) is 12.3. The second kappa shape index (κ2) is 6.58. The number of carbonyl (C=O) groups is 1. The van der Waals surface area contributed by atoms with Gasteiger partial charge in [0.05, 0.1) is 12.7 Å². The first-order chi connectivity index (χ1) is 7.18. The van der Waals surface area contributed by atoms with E-state index < -0.39 is 0 Å². The fraction of sp³-hybridized carbons (Fsp3) is 0.545. The Morgan fingerprint density at radius 2 is 2.33 bits per heavy atom. The first-order valence-corrected chi connectivity index (χ1v) is 5.86. The summed E-state index contributed by atoms with van der Waals surface area (Å²) in [6.45, 7) is 4.25. The third-order valence-electron chi connectivity index (χ3n) is 1.66. The molecule has 15 heavy (non-hydrogen) atoms. The molecule has 0 aliphatic carbocycles. The summed E-state index contributed by atoms with van der Waals surface area (Å²) in [5, 5.41) is 2.03. The lowest BCUT2D eigenvalue weighted by atomic mass is 10.4. The fourth-order valence-corrected chi connectivity index (χ4v) is 1.77. The van der Waals surface area contributed by atoms with E-state index >= 15 is 0 Å². The molecule has 4 heteroatoms. The fourth-order valence-electron chi connectivity index (χ4n) is 1.08. The maximum absolute atomic E-state index is 11.1. The van der Waals surface area contributed by atoms with E-state index in [0.29, 0.717) is 6.61 Å². The van der Waals surface area contributed by atoms with Crippen LogP contribution < -0.4 is 0 Å². The Morgan fingerprint density at radius 3 is 2.93 bits per heavy atom. The highest BCUT2D eigenvalue weighted by Gasteiger charge is 2.04. The van der Waals surface area contributed by atoms with Gasteiger partial charge in [0, 0.05) is 11.3 Å². The number of esters is 1. The number of ether oxygens (including phenoxy) is 2. The highest BCUT2D eigenvalue weighted by Crippen LogP contribution is 2.08. The van der Waals surface area contributed by atoms with Crippen LogP contribution in [0.2, 0.25) is 0 Å². The molecule has 1 aromatic heterocycles. The summed E-state index contributed by atoms with van der Waals surface area (Å²) in [6, 6.07) is 4.06. The molecule has 0 saturated heterocycles. The maximum atomic E-state index is 11.1. The molecule has 84 valence electrons. The summed E-state index contributed by atoms with van der Waals surface area (Å²) in [5.74, 6) is -0.295. The van der Waals surface area contributed by atoms with Crippen LogP contribution in [-0.2, 0) is 20.7 Å². The molecule has 1 heterocycles. The molecular weight excluding hydrogens is 212 g/mol. The van der Waals surface area contributed by atoms with Crippen LogP contribution in [0.1, 0.15) is 18.7 Å². The number of thiophene rings is 1. The molecule has 0 N–H and O–H groups in total. The molecule has 0 spiro atoms. The second-order valence-corrected chi connectivity index (χ2v) is 4.45. The van der Waals surface area contributed by atoms with E-state index in [1.807, 2.05) is 25.3 Å². The number of rotatable bonds is 6. The zero-order valence-electron chi connectivity index (χ0n) is 9.06. The van der Waals surface area contributed by atoms with Crippen LogP contribution in [0.4, 0.5) is 0 Å². The molecule has 0 amide bonds. The molecule has 1 aromatic rings. The van der Waals surface area contributed by atoms with Crippen LogP contribution in [0.25, 0.3) is 0 Å². The molecular formula is C11H16O3S. The molecule has 0 radical (unpaired) electrons. The van der Waals surface area contributed by atoms with E-state index in [9.17, 15) is 4.79 Å². The number of carbonyl (C=O) groups excluding carboxylic acids is 1. The van der Waals surface area contributed by atoms with Crippen LogP contribution in [0, 0.1) is 0 Å². The van der Waals surface area contributed by atoms with E-state index in [1.54, 1.807) is 11.3 Å². The lowest BCUT2D eigenvalue weighted by Crippen LogP contribution is -2.17. The SMILES string of the molecule is CC(C)OC(=O)COCCc1cccs1. The van der Waals surface area contributed by atoms with Crippen molar-refractivity contribution in [1.29, 1.82) is 0 Å². The van der Waals surface area contributed by atoms with Crippen molar-refractivity contribution in [3.05, 3.63) is 22.4 Å². The van der Waals surface area contributed by atoms with E-state index in [-0.39, 0.29) is 18.7 Å². The Bertz CT molecular complexity index is 280. The van der Waals surface area contributed by atoms with Gasteiger partial charge >= 0.3 is 5.97 Å². The average molecular weight is 228 g/mol. The van der Waals surface area contributed by atoms with Crippen molar-refractivity contribution < 1.29 is 14.3 Å². The summed E-state index contributed by atoms with van der Waals surface area (Å²) >= 11 is 1.70. The Hall–Kier alpha value is -0.870. The normalized spacial score (nSPS) is 10.6. The van der Waals surface area contributed by atoms with Crippen LogP contribution in [0.3, 0.4) is 0 Å². The van der Waals surface area contributed by atoms with Gasteiger partial charge in [-0.3, -0.25) is 0 Å². The minimum Gasteiger partial charge on any atom is -0.461 e. The Kier molecular flexibility index (Phi) is 5.36. The minimum atomic E-state index is -0.295. The summed E-state index contributed by atoms with van der Waals surface area (Å²) < 4.78 is 10.1. The standard InChI is InChI=1S/C11H16O3S/c1-9(2)14-11(12)8-13-6-5-10-4-3-7-15-10/h3-4,7,9H,5-6,8H2,1-2H3. The summed E-state index contributed by atoms with van der Waals surface area (Å²) in [6.07, 6.45) is 0.783. The Labute approximate surface area is 94.0 Å². The maximum Gasteiger partial charge on any atom is 0.332 e. The average Bonchev–Trinajstić information content (AvgIpc) is 2.63. The molecule has 0 aliphatic rings. The molecule has 1 rings (SSSR count). The topological polar surface area (TPSA) is 35.5 Å². The van der Waals surface area contributed by atoms with Gasteiger partial charge in [-0.25, -0.2) is 4.79 Å². The van der Waals surface area contributed by atoms with Crippen LogP contribution >= 0.6 is 11.3 Å². The van der Waals surface area contributed by atoms with Crippen molar-refractivity contribution in [2.45, 2.75) is 26.4 Å². The van der Waals surface area contributed by atoms with Crippen molar-refractivity contribution in [2.75, 3.05) is 13.2 Å². The van der Waals surface area contributed by atoms with Crippen molar-refractivity contribution in [3.8, 4) is 0 Å². The number of hydrogen-bond donors (Lipinski definition) is 0. The van der Waals surface area contributed by atoms with E-state index in [2.05, 4.69) is 6.07 Å². The van der Waals surface area contributed by atoms with Gasteiger partial charge in [0.2, 0.25) is 0 Å². The van der Waals surface area contributed by atoms with Gasteiger partial charge in [-0.1, -0.05) is 6.07 Å². The number of hydrogen-bond acceptors (Lipinski definition) is 4. The highest BCUT2D eigenvalue weighted by atomic mass is 32.1. The predicted octanol–water partition coefficient (Wildman–Crippen LogP) is 2.26. The van der Waals surface area contributed by atoms with Crippen LogP contribution in [0.15, 0.2) is 17.5 Å². The molecule has 3 nitrogen and oxygen atoms in total. The van der Waals surface area contributed by atoms with E-state index in [4.69, 9.17) is 9.47 Å². The molecule has 0 unspecified atom stereocenters. The Morgan fingerprint density at radius 1 is 1.53 bits per heavy atom. The first-order valence-electron chi connectivity index (χ1n) is 4.98. The lowest BCUT2D eigenvalue weighted by Gasteiger charge is -2.07. The van der Waals surface area contributed by atoms with Crippen LogP contribution in [-0.4, -0.2) is 25.3 Å². The molecule has 0 aliphatic heterocycles. The zero-order chi connectivity index (χ0) is 11.1. The largest absolute Gasteiger partial charge is 0.461 e. The molecule has 0 bridgehead atoms. The minimum absolute atomic E-state index is 0.0452.